The lowest BCUT2D eigenvalue weighted by molar-refractivity contribution is 0.174. The first-order valence-electron chi connectivity index (χ1n) is 10.3. The Bertz CT molecular complexity index is 1310. The number of rotatable bonds is 7. The van der Waals surface area contributed by atoms with Crippen molar-refractivity contribution >= 4 is 22.3 Å². The monoisotopic (exact) mass is 488 g/mol. The van der Waals surface area contributed by atoms with Crippen LogP contribution >= 0.6 is 0 Å². The van der Waals surface area contributed by atoms with Crippen molar-refractivity contribution in [3.8, 4) is 11.3 Å². The minimum Gasteiger partial charge on any atom is -0.465 e. The van der Waals surface area contributed by atoms with Crippen LogP contribution in [0.5, 0.6) is 0 Å². The van der Waals surface area contributed by atoms with Gasteiger partial charge in [0.15, 0.2) is 0 Å². The first-order chi connectivity index (χ1) is 15.9. The van der Waals surface area contributed by atoms with E-state index in [1.54, 1.807) is 0 Å². The fourth-order valence-corrected chi connectivity index (χ4v) is 4.84. The van der Waals surface area contributed by atoms with Crippen molar-refractivity contribution in [2.75, 3.05) is 0 Å². The molecule has 1 amide bonds. The van der Waals surface area contributed by atoms with Crippen molar-refractivity contribution in [1.29, 1.82) is 0 Å². The number of benzene rings is 1. The van der Waals surface area contributed by atoms with Gasteiger partial charge in [0, 0.05) is 35.8 Å². The maximum absolute atomic E-state index is 15.2. The molecule has 1 aromatic carbocycles. The molecule has 34 heavy (non-hydrogen) atoms. The molecule has 0 saturated heterocycles. The fraction of sp³-hybridized carbons (Fsp3) is 0.261. The van der Waals surface area contributed by atoms with Crippen LogP contribution in [0.2, 0.25) is 0 Å². The molecule has 0 fully saturated rings. The number of hydrogen-bond acceptors (Lipinski definition) is 6. The lowest BCUT2D eigenvalue weighted by Crippen LogP contribution is -2.44. The second kappa shape index (κ2) is 9.64. The van der Waals surface area contributed by atoms with E-state index >= 15 is 4.39 Å². The van der Waals surface area contributed by atoms with Gasteiger partial charge in [-0.2, -0.15) is 0 Å². The maximum Gasteiger partial charge on any atom is 0.404 e. The highest BCUT2D eigenvalue weighted by atomic mass is 32.2. The van der Waals surface area contributed by atoms with Crippen LogP contribution in [0.3, 0.4) is 0 Å². The number of pyridine rings is 1. The van der Waals surface area contributed by atoms with Gasteiger partial charge in [0.2, 0.25) is 0 Å². The first-order valence-corrected chi connectivity index (χ1v) is 11.7. The van der Waals surface area contributed by atoms with Crippen LogP contribution in [0.25, 0.3) is 11.3 Å². The highest BCUT2D eigenvalue weighted by molar-refractivity contribution is 7.90. The van der Waals surface area contributed by atoms with Crippen molar-refractivity contribution in [2.24, 2.45) is 10.6 Å². The van der Waals surface area contributed by atoms with Crippen molar-refractivity contribution in [3.05, 3.63) is 71.9 Å². The van der Waals surface area contributed by atoms with E-state index in [0.717, 1.165) is 10.2 Å². The van der Waals surface area contributed by atoms with Gasteiger partial charge in [-0.25, -0.2) is 21.6 Å². The summed E-state index contributed by atoms with van der Waals surface area (Å²) < 4.78 is 43.1. The third-order valence-corrected chi connectivity index (χ3v) is 6.98. The molecule has 3 rings (SSSR count). The van der Waals surface area contributed by atoms with Gasteiger partial charge in [-0.15, -0.1) is 0 Å². The summed E-state index contributed by atoms with van der Waals surface area (Å²) in [6, 6.07) is 8.11. The van der Waals surface area contributed by atoms with Crippen molar-refractivity contribution in [1.82, 2.24) is 14.3 Å². The minimum atomic E-state index is -4.17. The summed E-state index contributed by atoms with van der Waals surface area (Å²) in [7, 11) is -4.17. The molecular weight excluding hydrogens is 463 g/mol. The van der Waals surface area contributed by atoms with Crippen LogP contribution in [0, 0.1) is 11.2 Å². The average Bonchev–Trinajstić information content (AvgIpc) is 3.19. The second-order valence-corrected chi connectivity index (χ2v) is 10.6. The Morgan fingerprint density at radius 3 is 2.62 bits per heavy atom. The van der Waals surface area contributed by atoms with Gasteiger partial charge in [0.1, 0.15) is 10.7 Å². The molecule has 2 aromatic heterocycles. The topological polar surface area (TPSA) is 134 Å². The summed E-state index contributed by atoms with van der Waals surface area (Å²) in [5.74, 6) is -0.774. The van der Waals surface area contributed by atoms with E-state index in [2.05, 4.69) is 15.5 Å². The van der Waals surface area contributed by atoms with Crippen molar-refractivity contribution in [2.45, 2.75) is 38.1 Å². The molecule has 0 aliphatic heterocycles. The largest absolute Gasteiger partial charge is 0.465 e. The SMILES string of the molecule is CC(C)(C)C(Cc1cc(-c2cccc(C=NO)c2F)n(S(=O)(=O)c2cccnc2)c1)NC(=O)O. The van der Waals surface area contributed by atoms with E-state index in [-0.39, 0.29) is 28.1 Å². The summed E-state index contributed by atoms with van der Waals surface area (Å²) in [6.07, 6.45) is 3.85. The zero-order valence-electron chi connectivity index (χ0n) is 18.8. The van der Waals surface area contributed by atoms with Gasteiger partial charge in [-0.05, 0) is 41.7 Å². The predicted molar refractivity (Wildman–Crippen MR) is 124 cm³/mol. The quantitative estimate of drug-likeness (QED) is 0.262. The van der Waals surface area contributed by atoms with Gasteiger partial charge >= 0.3 is 6.09 Å². The number of carbonyl (C=O) groups is 1. The van der Waals surface area contributed by atoms with Crippen LogP contribution < -0.4 is 5.32 Å². The van der Waals surface area contributed by atoms with E-state index in [4.69, 9.17) is 5.21 Å². The number of carboxylic acid groups (broad SMARTS) is 1. The second-order valence-electron chi connectivity index (χ2n) is 8.75. The Labute approximate surface area is 196 Å². The molecule has 0 bridgehead atoms. The Balaban J connectivity index is 2.21. The third-order valence-electron chi connectivity index (χ3n) is 5.32. The van der Waals surface area contributed by atoms with Gasteiger partial charge in [-0.1, -0.05) is 38.1 Å². The molecule has 11 heteroatoms. The van der Waals surface area contributed by atoms with E-state index < -0.39 is 33.4 Å². The molecule has 3 N–H and O–H groups in total. The van der Waals surface area contributed by atoms with Gasteiger partial charge in [-0.3, -0.25) is 4.98 Å². The lowest BCUT2D eigenvalue weighted by Gasteiger charge is -2.30. The van der Waals surface area contributed by atoms with Crippen molar-refractivity contribution in [3.63, 3.8) is 0 Å². The average molecular weight is 489 g/mol. The van der Waals surface area contributed by atoms with E-state index in [1.807, 2.05) is 20.8 Å². The van der Waals surface area contributed by atoms with E-state index in [1.165, 1.54) is 55.0 Å². The molecule has 1 unspecified atom stereocenters. The smallest absolute Gasteiger partial charge is 0.404 e. The Kier molecular flexibility index (Phi) is 7.06. The summed E-state index contributed by atoms with van der Waals surface area (Å²) in [5.41, 5.74) is -0.0295. The number of hydrogen-bond donors (Lipinski definition) is 3. The number of oxime groups is 1. The molecule has 0 radical (unpaired) electrons. The molecule has 0 saturated carbocycles. The Hall–Kier alpha value is -3.73. The number of nitrogens with one attached hydrogen (secondary N) is 1. The van der Waals surface area contributed by atoms with Crippen LogP contribution in [-0.2, 0) is 16.4 Å². The first kappa shape index (κ1) is 24.9. The van der Waals surface area contributed by atoms with Crippen LogP contribution in [-0.4, -0.2) is 46.0 Å². The molecule has 2 heterocycles. The number of nitrogens with zero attached hydrogens (tertiary/aromatic N) is 3. The molecule has 9 nitrogen and oxygen atoms in total. The number of amides is 1. The molecule has 0 aliphatic carbocycles. The van der Waals surface area contributed by atoms with E-state index in [9.17, 15) is 18.3 Å². The zero-order chi connectivity index (χ0) is 25.1. The zero-order valence-corrected chi connectivity index (χ0v) is 19.6. The van der Waals surface area contributed by atoms with Crippen LogP contribution in [0.15, 0.2) is 65.0 Å². The summed E-state index contributed by atoms with van der Waals surface area (Å²) in [5, 5.41) is 23.4. The van der Waals surface area contributed by atoms with E-state index in [0.29, 0.717) is 5.56 Å². The van der Waals surface area contributed by atoms with Gasteiger partial charge < -0.3 is 15.6 Å². The van der Waals surface area contributed by atoms with Crippen LogP contribution in [0.1, 0.15) is 31.9 Å². The summed E-state index contributed by atoms with van der Waals surface area (Å²) in [4.78, 5) is 15.1. The summed E-state index contributed by atoms with van der Waals surface area (Å²) >= 11 is 0. The Morgan fingerprint density at radius 1 is 1.29 bits per heavy atom. The normalized spacial score (nSPS) is 13.2. The number of aromatic nitrogens is 2. The van der Waals surface area contributed by atoms with Gasteiger partial charge in [0.05, 0.1) is 11.9 Å². The van der Waals surface area contributed by atoms with Crippen LogP contribution in [0.4, 0.5) is 9.18 Å². The standard InChI is InChI=1S/C23H25FN4O5S/c1-23(2,3)20(27-22(29)30)11-15-10-19(18-8-4-6-16(12-26-31)21(18)24)28(14-15)34(32,33)17-7-5-9-25-13-17/h4-10,12-14,20,27,31H,11H2,1-3H3,(H,29,30). The minimum absolute atomic E-state index is 0.0328. The fourth-order valence-electron chi connectivity index (χ4n) is 3.48. The molecule has 0 aliphatic rings. The third kappa shape index (κ3) is 5.25. The number of halogens is 1. The highest BCUT2D eigenvalue weighted by Gasteiger charge is 2.29. The maximum atomic E-state index is 15.2. The Morgan fingerprint density at radius 2 is 2.03 bits per heavy atom. The summed E-state index contributed by atoms with van der Waals surface area (Å²) in [6.45, 7) is 5.57. The molecule has 1 atom stereocenters. The van der Waals surface area contributed by atoms with Crippen molar-refractivity contribution < 1.29 is 27.9 Å². The van der Waals surface area contributed by atoms with Gasteiger partial charge in [0.25, 0.3) is 10.0 Å². The predicted octanol–water partition coefficient (Wildman–Crippen LogP) is 3.96. The molecule has 0 spiro atoms. The lowest BCUT2D eigenvalue weighted by atomic mass is 9.83. The molecule has 3 aromatic rings. The highest BCUT2D eigenvalue weighted by Crippen LogP contribution is 2.32. The molecule has 180 valence electrons. The molecular formula is C23H25FN4O5S.